The first-order chi connectivity index (χ1) is 26.7. The summed E-state index contributed by atoms with van der Waals surface area (Å²) >= 11 is 0. The lowest BCUT2D eigenvalue weighted by atomic mass is 9.95. The standard InChI is InChI=1S/C51H34N2O/c1-3-12-40(13-4-1)51-52-50-47-18-10-9-17-46(47)48(34-49(50)54-51)39-22-19-36(20-23-39)37-25-29-44(30-26-37)53(43-15-5-2-6-16-43)45-31-27-38(28-32-45)42-24-21-35-11-7-8-14-41(35)33-42/h1-34H. The largest absolute Gasteiger partial charge is 0.436 e. The molecule has 0 saturated carbocycles. The number of oxazole rings is 1. The van der Waals surface area contributed by atoms with E-state index < -0.39 is 0 Å². The number of hydrogen-bond donors (Lipinski definition) is 0. The number of fused-ring (bicyclic) bond motifs is 4. The monoisotopic (exact) mass is 690 g/mol. The van der Waals surface area contributed by atoms with E-state index in [9.17, 15) is 0 Å². The minimum atomic E-state index is 0.635. The van der Waals surface area contributed by atoms with Gasteiger partial charge in [-0.15, -0.1) is 0 Å². The molecule has 0 saturated heterocycles. The number of hydrogen-bond acceptors (Lipinski definition) is 3. The van der Waals surface area contributed by atoms with Crippen LogP contribution in [0.5, 0.6) is 0 Å². The Bertz CT molecular complexity index is 2900. The van der Waals surface area contributed by atoms with Gasteiger partial charge in [0.1, 0.15) is 5.52 Å². The highest BCUT2D eigenvalue weighted by Crippen LogP contribution is 2.39. The topological polar surface area (TPSA) is 29.3 Å². The third kappa shape index (κ3) is 5.78. The lowest BCUT2D eigenvalue weighted by Crippen LogP contribution is -2.09. The third-order valence-electron chi connectivity index (χ3n) is 10.3. The van der Waals surface area contributed by atoms with Gasteiger partial charge in [-0.05, 0) is 110 Å². The van der Waals surface area contributed by atoms with Crippen LogP contribution in [-0.2, 0) is 0 Å². The second-order valence-electron chi connectivity index (χ2n) is 13.6. The fourth-order valence-electron chi connectivity index (χ4n) is 7.54. The summed E-state index contributed by atoms with van der Waals surface area (Å²) in [5, 5.41) is 4.74. The average Bonchev–Trinajstić information content (AvgIpc) is 3.70. The van der Waals surface area contributed by atoms with E-state index in [2.05, 4.69) is 181 Å². The van der Waals surface area contributed by atoms with Crippen molar-refractivity contribution in [2.75, 3.05) is 4.90 Å². The molecule has 0 spiro atoms. The quantitative estimate of drug-likeness (QED) is 0.167. The first-order valence-corrected chi connectivity index (χ1v) is 18.3. The van der Waals surface area contributed by atoms with Crippen molar-refractivity contribution >= 4 is 49.7 Å². The molecule has 1 aromatic heterocycles. The summed E-state index contributed by atoms with van der Waals surface area (Å²) in [6, 6.07) is 73.0. The summed E-state index contributed by atoms with van der Waals surface area (Å²) in [5.41, 5.74) is 12.9. The minimum absolute atomic E-state index is 0.635. The number of anilines is 3. The molecule has 9 aromatic carbocycles. The van der Waals surface area contributed by atoms with Crippen LogP contribution in [0.25, 0.3) is 77.5 Å². The van der Waals surface area contributed by atoms with Crippen LogP contribution in [0.2, 0.25) is 0 Å². The summed E-state index contributed by atoms with van der Waals surface area (Å²) in [6.07, 6.45) is 0. The average molecular weight is 691 g/mol. The minimum Gasteiger partial charge on any atom is -0.436 e. The summed E-state index contributed by atoms with van der Waals surface area (Å²) in [6.45, 7) is 0. The Morgan fingerprint density at radius 3 is 1.54 bits per heavy atom. The Balaban J connectivity index is 0.954. The molecule has 0 aliphatic heterocycles. The van der Waals surface area contributed by atoms with Crippen LogP contribution in [0.3, 0.4) is 0 Å². The van der Waals surface area contributed by atoms with Gasteiger partial charge in [0.2, 0.25) is 5.89 Å². The summed E-state index contributed by atoms with van der Waals surface area (Å²) in [7, 11) is 0. The molecule has 0 bridgehead atoms. The lowest BCUT2D eigenvalue weighted by molar-refractivity contribution is 0.620. The van der Waals surface area contributed by atoms with Gasteiger partial charge in [0.25, 0.3) is 0 Å². The van der Waals surface area contributed by atoms with Gasteiger partial charge in [0.15, 0.2) is 5.58 Å². The Kier molecular flexibility index (Phi) is 7.81. The zero-order valence-electron chi connectivity index (χ0n) is 29.4. The van der Waals surface area contributed by atoms with Crippen LogP contribution >= 0.6 is 0 Å². The molecule has 0 N–H and O–H groups in total. The highest BCUT2D eigenvalue weighted by atomic mass is 16.3. The fraction of sp³-hybridized carbons (Fsp3) is 0. The molecule has 3 heteroatoms. The molecule has 254 valence electrons. The number of aromatic nitrogens is 1. The normalized spacial score (nSPS) is 11.3. The lowest BCUT2D eigenvalue weighted by Gasteiger charge is -2.26. The first-order valence-electron chi connectivity index (χ1n) is 18.3. The van der Waals surface area contributed by atoms with Gasteiger partial charge in [-0.25, -0.2) is 4.98 Å². The van der Waals surface area contributed by atoms with E-state index in [0.717, 1.165) is 66.8 Å². The Hall–Kier alpha value is -7.23. The van der Waals surface area contributed by atoms with Crippen molar-refractivity contribution in [1.29, 1.82) is 0 Å². The summed E-state index contributed by atoms with van der Waals surface area (Å²) in [5.74, 6) is 0.635. The van der Waals surface area contributed by atoms with E-state index in [1.165, 1.54) is 21.9 Å². The predicted octanol–water partition coefficient (Wildman–Crippen LogP) is 14.3. The van der Waals surface area contributed by atoms with Crippen LogP contribution in [0.15, 0.2) is 211 Å². The van der Waals surface area contributed by atoms with Crippen molar-refractivity contribution in [2.45, 2.75) is 0 Å². The van der Waals surface area contributed by atoms with Crippen molar-refractivity contribution < 1.29 is 4.42 Å². The molecule has 0 amide bonds. The van der Waals surface area contributed by atoms with E-state index >= 15 is 0 Å². The number of para-hydroxylation sites is 1. The van der Waals surface area contributed by atoms with Gasteiger partial charge in [-0.3, -0.25) is 0 Å². The van der Waals surface area contributed by atoms with Crippen LogP contribution < -0.4 is 4.90 Å². The maximum Gasteiger partial charge on any atom is 0.227 e. The van der Waals surface area contributed by atoms with Crippen molar-refractivity contribution in [1.82, 2.24) is 4.98 Å². The molecule has 10 rings (SSSR count). The molecule has 10 aromatic rings. The van der Waals surface area contributed by atoms with Gasteiger partial charge in [0, 0.05) is 28.0 Å². The van der Waals surface area contributed by atoms with Gasteiger partial charge >= 0.3 is 0 Å². The smallest absolute Gasteiger partial charge is 0.227 e. The summed E-state index contributed by atoms with van der Waals surface area (Å²) < 4.78 is 6.34. The first kappa shape index (κ1) is 31.5. The number of rotatable bonds is 7. The zero-order chi connectivity index (χ0) is 35.8. The maximum absolute atomic E-state index is 6.34. The number of nitrogens with zero attached hydrogens (tertiary/aromatic N) is 2. The molecule has 0 atom stereocenters. The second-order valence-corrected chi connectivity index (χ2v) is 13.6. The van der Waals surface area contributed by atoms with Gasteiger partial charge in [0.05, 0.1) is 0 Å². The Morgan fingerprint density at radius 2 is 0.852 bits per heavy atom. The van der Waals surface area contributed by atoms with Gasteiger partial charge < -0.3 is 9.32 Å². The van der Waals surface area contributed by atoms with E-state index in [-0.39, 0.29) is 0 Å². The van der Waals surface area contributed by atoms with Crippen LogP contribution in [-0.4, -0.2) is 4.98 Å². The Labute approximate surface area is 314 Å². The van der Waals surface area contributed by atoms with Crippen molar-refractivity contribution in [3.63, 3.8) is 0 Å². The SMILES string of the molecule is c1ccc(-c2nc3c(cc(-c4ccc(-c5ccc(N(c6ccccc6)c6ccc(-c7ccc8ccccc8c7)cc6)cc5)cc4)c4ccccc43)o2)cc1. The highest BCUT2D eigenvalue weighted by Gasteiger charge is 2.16. The molecule has 1 heterocycles. The molecule has 3 nitrogen and oxygen atoms in total. The summed E-state index contributed by atoms with van der Waals surface area (Å²) in [4.78, 5) is 7.22. The molecule has 54 heavy (non-hydrogen) atoms. The van der Waals surface area contributed by atoms with Crippen molar-refractivity contribution in [3.8, 4) is 44.8 Å². The molecular formula is C51H34N2O. The van der Waals surface area contributed by atoms with E-state index in [1.54, 1.807) is 0 Å². The van der Waals surface area contributed by atoms with Crippen molar-refractivity contribution in [2.24, 2.45) is 0 Å². The molecular weight excluding hydrogens is 657 g/mol. The van der Waals surface area contributed by atoms with E-state index in [1.807, 2.05) is 30.3 Å². The van der Waals surface area contributed by atoms with Crippen LogP contribution in [0.1, 0.15) is 0 Å². The molecule has 0 unspecified atom stereocenters. The molecule has 0 aliphatic carbocycles. The fourth-order valence-corrected chi connectivity index (χ4v) is 7.54. The molecule has 0 fully saturated rings. The van der Waals surface area contributed by atoms with Crippen molar-refractivity contribution in [3.05, 3.63) is 206 Å². The molecule has 0 aliphatic rings. The third-order valence-corrected chi connectivity index (χ3v) is 10.3. The maximum atomic E-state index is 6.34. The number of benzene rings is 9. The van der Waals surface area contributed by atoms with E-state index in [0.29, 0.717) is 5.89 Å². The van der Waals surface area contributed by atoms with Crippen LogP contribution in [0.4, 0.5) is 17.1 Å². The predicted molar refractivity (Wildman–Crippen MR) is 225 cm³/mol. The Morgan fingerprint density at radius 1 is 0.352 bits per heavy atom. The second kappa shape index (κ2) is 13.4. The van der Waals surface area contributed by atoms with Gasteiger partial charge in [-0.1, -0.05) is 146 Å². The van der Waals surface area contributed by atoms with Crippen LogP contribution in [0, 0.1) is 0 Å². The van der Waals surface area contributed by atoms with E-state index in [4.69, 9.17) is 9.40 Å². The zero-order valence-corrected chi connectivity index (χ0v) is 29.4. The van der Waals surface area contributed by atoms with Gasteiger partial charge in [-0.2, -0.15) is 0 Å². The molecule has 0 radical (unpaired) electrons. The highest BCUT2D eigenvalue weighted by molar-refractivity contribution is 6.11.